The molecule has 0 aromatic rings. The smallest absolute Gasteiger partial charge is 0.0701 e. The molecule has 0 fully saturated rings. The van der Waals surface area contributed by atoms with Gasteiger partial charge in [0.15, 0.2) is 0 Å². The van der Waals surface area contributed by atoms with E-state index in [0.29, 0.717) is 26.4 Å². The minimum Gasteiger partial charge on any atom is -0.378 e. The molecule has 0 amide bonds. The minimum atomic E-state index is 0.578. The van der Waals surface area contributed by atoms with Gasteiger partial charge in [-0.15, -0.1) is 0 Å². The highest BCUT2D eigenvalue weighted by molar-refractivity contribution is 4.49. The van der Waals surface area contributed by atoms with Crippen LogP contribution in [0.3, 0.4) is 0 Å². The first-order valence-corrected chi connectivity index (χ1v) is 6.12. The Morgan fingerprint density at radius 2 is 1.56 bits per heavy atom. The number of rotatable bonds is 13. The summed E-state index contributed by atoms with van der Waals surface area (Å²) in [5, 5.41) is 6.46. The van der Waals surface area contributed by atoms with Crippen molar-refractivity contribution in [2.24, 2.45) is 5.73 Å². The highest BCUT2D eigenvalue weighted by Crippen LogP contribution is 1.83. The van der Waals surface area contributed by atoms with Crippen LogP contribution in [-0.4, -0.2) is 59.7 Å². The normalized spacial score (nSPS) is 10.9. The van der Waals surface area contributed by atoms with E-state index in [-0.39, 0.29) is 0 Å². The minimum absolute atomic E-state index is 0.578. The van der Waals surface area contributed by atoms with Gasteiger partial charge in [-0.05, 0) is 33.0 Å². The van der Waals surface area contributed by atoms with Crippen LogP contribution in [0.15, 0.2) is 0 Å². The molecule has 0 heterocycles. The van der Waals surface area contributed by atoms with Crippen molar-refractivity contribution in [2.75, 3.05) is 59.7 Å². The lowest BCUT2D eigenvalue weighted by Crippen LogP contribution is -2.22. The summed E-state index contributed by atoms with van der Waals surface area (Å²) in [6, 6.07) is 0. The van der Waals surface area contributed by atoms with Crippen LogP contribution < -0.4 is 16.4 Å². The fourth-order valence-electron chi connectivity index (χ4n) is 1.23. The molecule has 0 saturated carbocycles. The van der Waals surface area contributed by atoms with Crippen molar-refractivity contribution >= 4 is 0 Å². The van der Waals surface area contributed by atoms with Crippen molar-refractivity contribution in [3.8, 4) is 0 Å². The van der Waals surface area contributed by atoms with Crippen LogP contribution >= 0.6 is 0 Å². The van der Waals surface area contributed by atoms with Crippen molar-refractivity contribution < 1.29 is 9.47 Å². The number of nitrogens with two attached hydrogens (primary N) is 1. The van der Waals surface area contributed by atoms with Gasteiger partial charge < -0.3 is 25.8 Å². The SMILES string of the molecule is CNCCCCNCCOCCOCCN. The zero-order valence-electron chi connectivity index (χ0n) is 10.5. The molecule has 0 aromatic carbocycles. The summed E-state index contributed by atoms with van der Waals surface area (Å²) in [7, 11) is 1.98. The number of hydrogen-bond acceptors (Lipinski definition) is 5. The van der Waals surface area contributed by atoms with E-state index in [9.17, 15) is 0 Å². The van der Waals surface area contributed by atoms with Crippen molar-refractivity contribution in [2.45, 2.75) is 12.8 Å². The summed E-state index contributed by atoms with van der Waals surface area (Å²) in [5.41, 5.74) is 5.28. The third-order valence-corrected chi connectivity index (χ3v) is 2.09. The van der Waals surface area contributed by atoms with Crippen LogP contribution in [0.2, 0.25) is 0 Å². The van der Waals surface area contributed by atoms with E-state index in [1.165, 1.54) is 12.8 Å². The molecule has 5 nitrogen and oxygen atoms in total. The summed E-state index contributed by atoms with van der Waals surface area (Å²) in [6.45, 7) is 6.31. The highest BCUT2D eigenvalue weighted by Gasteiger charge is 1.90. The number of ether oxygens (including phenoxy) is 2. The van der Waals surface area contributed by atoms with Gasteiger partial charge in [0.1, 0.15) is 0 Å². The first-order chi connectivity index (χ1) is 7.91. The van der Waals surface area contributed by atoms with Crippen molar-refractivity contribution in [3.63, 3.8) is 0 Å². The molecule has 0 rings (SSSR count). The Kier molecular flexibility index (Phi) is 14.6. The summed E-state index contributed by atoms with van der Waals surface area (Å²) < 4.78 is 10.5. The monoisotopic (exact) mass is 233 g/mol. The standard InChI is InChI=1S/C11H27N3O2/c1-13-5-2-3-6-14-7-9-16-11-10-15-8-4-12/h13-14H,2-12H2,1H3. The van der Waals surface area contributed by atoms with E-state index in [1.54, 1.807) is 0 Å². The van der Waals surface area contributed by atoms with Crippen LogP contribution in [0.1, 0.15) is 12.8 Å². The molecule has 0 bridgehead atoms. The Hall–Kier alpha value is -0.200. The molecular weight excluding hydrogens is 206 g/mol. The van der Waals surface area contributed by atoms with Gasteiger partial charge in [0, 0.05) is 13.1 Å². The molecule has 0 radical (unpaired) electrons. The number of unbranched alkanes of at least 4 members (excludes halogenated alkanes) is 1. The van der Waals surface area contributed by atoms with Gasteiger partial charge in [-0.25, -0.2) is 0 Å². The molecule has 5 heteroatoms. The van der Waals surface area contributed by atoms with E-state index in [0.717, 1.165) is 26.2 Å². The van der Waals surface area contributed by atoms with E-state index in [1.807, 2.05) is 7.05 Å². The van der Waals surface area contributed by atoms with Crippen molar-refractivity contribution in [1.82, 2.24) is 10.6 Å². The molecule has 0 aromatic heterocycles. The average molecular weight is 233 g/mol. The molecule has 0 saturated heterocycles. The van der Waals surface area contributed by atoms with Gasteiger partial charge in [-0.1, -0.05) is 0 Å². The molecule has 4 N–H and O–H groups in total. The fourth-order valence-corrected chi connectivity index (χ4v) is 1.23. The van der Waals surface area contributed by atoms with Gasteiger partial charge >= 0.3 is 0 Å². The molecule has 0 unspecified atom stereocenters. The summed E-state index contributed by atoms with van der Waals surface area (Å²) in [6.07, 6.45) is 2.43. The Bertz CT molecular complexity index is 112. The number of hydrogen-bond donors (Lipinski definition) is 3. The van der Waals surface area contributed by atoms with Crippen LogP contribution in [-0.2, 0) is 9.47 Å². The molecule has 98 valence electrons. The van der Waals surface area contributed by atoms with Gasteiger partial charge in [0.2, 0.25) is 0 Å². The van der Waals surface area contributed by atoms with Gasteiger partial charge in [-0.3, -0.25) is 0 Å². The zero-order chi connectivity index (χ0) is 11.9. The Labute approximate surface area is 99.1 Å². The Balaban J connectivity index is 2.83. The van der Waals surface area contributed by atoms with E-state index >= 15 is 0 Å². The Morgan fingerprint density at radius 3 is 2.25 bits per heavy atom. The maximum absolute atomic E-state index is 5.37. The molecule has 0 aliphatic rings. The van der Waals surface area contributed by atoms with Gasteiger partial charge in [0.25, 0.3) is 0 Å². The first kappa shape index (κ1) is 15.8. The second-order valence-corrected chi connectivity index (χ2v) is 3.57. The lowest BCUT2D eigenvalue weighted by atomic mass is 10.3. The second kappa shape index (κ2) is 14.8. The van der Waals surface area contributed by atoms with E-state index < -0.39 is 0 Å². The molecule has 0 aliphatic carbocycles. The second-order valence-electron chi connectivity index (χ2n) is 3.57. The van der Waals surface area contributed by atoms with Crippen molar-refractivity contribution in [3.05, 3.63) is 0 Å². The van der Waals surface area contributed by atoms with E-state index in [2.05, 4.69) is 10.6 Å². The zero-order valence-corrected chi connectivity index (χ0v) is 10.5. The van der Waals surface area contributed by atoms with Crippen LogP contribution in [0.25, 0.3) is 0 Å². The highest BCUT2D eigenvalue weighted by atomic mass is 16.5. The van der Waals surface area contributed by atoms with Crippen LogP contribution in [0.4, 0.5) is 0 Å². The lowest BCUT2D eigenvalue weighted by molar-refractivity contribution is 0.0519. The summed E-state index contributed by atoms with van der Waals surface area (Å²) in [4.78, 5) is 0. The summed E-state index contributed by atoms with van der Waals surface area (Å²) in [5.74, 6) is 0. The Morgan fingerprint density at radius 1 is 0.875 bits per heavy atom. The third-order valence-electron chi connectivity index (χ3n) is 2.09. The summed E-state index contributed by atoms with van der Waals surface area (Å²) >= 11 is 0. The molecule has 16 heavy (non-hydrogen) atoms. The predicted octanol–water partition coefficient (Wildman–Crippen LogP) is -0.432. The van der Waals surface area contributed by atoms with Gasteiger partial charge in [0.05, 0.1) is 26.4 Å². The fraction of sp³-hybridized carbons (Fsp3) is 1.00. The quantitative estimate of drug-likeness (QED) is 0.377. The van der Waals surface area contributed by atoms with Crippen molar-refractivity contribution in [1.29, 1.82) is 0 Å². The average Bonchev–Trinajstić information content (AvgIpc) is 2.31. The maximum Gasteiger partial charge on any atom is 0.0701 e. The van der Waals surface area contributed by atoms with Crippen LogP contribution in [0.5, 0.6) is 0 Å². The van der Waals surface area contributed by atoms with Gasteiger partial charge in [-0.2, -0.15) is 0 Å². The molecule has 0 atom stereocenters. The molecule has 0 spiro atoms. The van der Waals surface area contributed by atoms with E-state index in [4.69, 9.17) is 15.2 Å². The predicted molar refractivity (Wildman–Crippen MR) is 66.7 cm³/mol. The molecule has 0 aliphatic heterocycles. The van der Waals surface area contributed by atoms with Crippen LogP contribution in [0, 0.1) is 0 Å². The molecular formula is C11H27N3O2. The third kappa shape index (κ3) is 13.8. The lowest BCUT2D eigenvalue weighted by Gasteiger charge is -2.06. The largest absolute Gasteiger partial charge is 0.378 e. The topological polar surface area (TPSA) is 68.5 Å². The maximum atomic E-state index is 5.37. The first-order valence-electron chi connectivity index (χ1n) is 6.12. The number of nitrogens with one attached hydrogen (secondary N) is 2.